The monoisotopic (exact) mass is 259 g/mol. The van der Waals surface area contributed by atoms with E-state index in [-0.39, 0.29) is 5.91 Å². The molecular weight excluding hydrogens is 242 g/mol. The van der Waals surface area contributed by atoms with Gasteiger partial charge in [-0.25, -0.2) is 4.98 Å². The van der Waals surface area contributed by atoms with Crippen LogP contribution in [-0.2, 0) is 13.6 Å². The number of aryl methyl sites for hydroxylation is 2. The fraction of sp³-hybridized carbons (Fsp3) is 0.308. The first-order chi connectivity index (χ1) is 9.10. The quantitative estimate of drug-likeness (QED) is 0.862. The van der Waals surface area contributed by atoms with Crippen molar-refractivity contribution in [3.05, 3.63) is 41.3 Å². The number of carbonyl (C=O) groups is 1. The van der Waals surface area contributed by atoms with E-state index in [4.69, 9.17) is 0 Å². The van der Waals surface area contributed by atoms with Gasteiger partial charge in [0.2, 0.25) is 0 Å². The van der Waals surface area contributed by atoms with E-state index in [2.05, 4.69) is 20.7 Å². The van der Waals surface area contributed by atoms with E-state index in [0.29, 0.717) is 12.1 Å². The first kappa shape index (κ1) is 13.1. The topological polar surface area (TPSA) is 71.8 Å². The fourth-order valence-corrected chi connectivity index (χ4v) is 1.78. The molecule has 2 aromatic heterocycles. The summed E-state index contributed by atoms with van der Waals surface area (Å²) in [5, 5.41) is 9.99. The summed E-state index contributed by atoms with van der Waals surface area (Å²) in [5.74, 6) is 0.595. The molecule has 1 amide bonds. The predicted molar refractivity (Wildman–Crippen MR) is 72.9 cm³/mol. The Labute approximate surface area is 111 Å². The molecule has 0 fully saturated rings. The minimum atomic E-state index is -0.140. The highest BCUT2D eigenvalue weighted by atomic mass is 16.1. The summed E-state index contributed by atoms with van der Waals surface area (Å²) in [6.07, 6.45) is 3.45. The molecule has 0 spiro atoms. The molecule has 2 aromatic rings. The Hall–Kier alpha value is -2.37. The van der Waals surface area contributed by atoms with E-state index in [9.17, 15) is 4.79 Å². The van der Waals surface area contributed by atoms with Crippen molar-refractivity contribution in [2.24, 2.45) is 7.05 Å². The molecule has 19 heavy (non-hydrogen) atoms. The molecule has 0 saturated heterocycles. The van der Waals surface area contributed by atoms with Gasteiger partial charge in [0.05, 0.1) is 11.3 Å². The molecule has 6 nitrogen and oxygen atoms in total. The van der Waals surface area contributed by atoms with Crippen molar-refractivity contribution in [1.29, 1.82) is 0 Å². The van der Waals surface area contributed by atoms with Crippen LogP contribution in [0.1, 0.15) is 21.6 Å². The largest absolute Gasteiger partial charge is 0.373 e. The lowest BCUT2D eigenvalue weighted by Gasteiger charge is -2.05. The molecule has 0 aliphatic rings. The van der Waals surface area contributed by atoms with Crippen molar-refractivity contribution in [3.63, 3.8) is 0 Å². The molecule has 2 N–H and O–H groups in total. The van der Waals surface area contributed by atoms with Crippen molar-refractivity contribution in [2.45, 2.75) is 13.5 Å². The summed E-state index contributed by atoms with van der Waals surface area (Å²) in [6.45, 7) is 2.39. The molecule has 100 valence electrons. The molecule has 2 rings (SSSR count). The van der Waals surface area contributed by atoms with Crippen LogP contribution in [0.3, 0.4) is 0 Å². The van der Waals surface area contributed by atoms with Crippen LogP contribution in [0.2, 0.25) is 0 Å². The molecule has 6 heteroatoms. The van der Waals surface area contributed by atoms with Gasteiger partial charge in [0.15, 0.2) is 0 Å². The van der Waals surface area contributed by atoms with Crippen molar-refractivity contribution in [2.75, 3.05) is 12.4 Å². The maximum Gasteiger partial charge on any atom is 0.253 e. The van der Waals surface area contributed by atoms with Gasteiger partial charge in [0, 0.05) is 38.6 Å². The molecule has 0 aliphatic heterocycles. The number of rotatable bonds is 4. The number of aromatic nitrogens is 3. The van der Waals surface area contributed by atoms with Gasteiger partial charge in [0.1, 0.15) is 5.82 Å². The normalized spacial score (nSPS) is 10.3. The number of carbonyl (C=O) groups excluding carboxylic acids is 1. The Balaban J connectivity index is 1.99. The number of nitrogens with zero attached hydrogens (tertiary/aromatic N) is 3. The van der Waals surface area contributed by atoms with Crippen molar-refractivity contribution in [1.82, 2.24) is 20.1 Å². The molecule has 0 saturated carbocycles. The third-order valence-electron chi connectivity index (χ3n) is 2.84. The Morgan fingerprint density at radius 3 is 2.74 bits per heavy atom. The van der Waals surface area contributed by atoms with Crippen LogP contribution >= 0.6 is 0 Å². The van der Waals surface area contributed by atoms with E-state index < -0.39 is 0 Å². The lowest BCUT2D eigenvalue weighted by Crippen LogP contribution is -2.23. The summed E-state index contributed by atoms with van der Waals surface area (Å²) in [6, 6.07) is 3.51. The van der Waals surface area contributed by atoms with Gasteiger partial charge in [-0.3, -0.25) is 9.48 Å². The molecule has 0 radical (unpaired) electrons. The van der Waals surface area contributed by atoms with Crippen molar-refractivity contribution < 1.29 is 4.79 Å². The van der Waals surface area contributed by atoms with E-state index in [1.165, 1.54) is 0 Å². The van der Waals surface area contributed by atoms with Gasteiger partial charge in [-0.05, 0) is 19.1 Å². The number of hydrogen-bond donors (Lipinski definition) is 2. The Bertz CT molecular complexity index is 573. The maximum absolute atomic E-state index is 11.9. The van der Waals surface area contributed by atoms with E-state index >= 15 is 0 Å². The van der Waals surface area contributed by atoms with Crippen LogP contribution in [0.5, 0.6) is 0 Å². The smallest absolute Gasteiger partial charge is 0.253 e. The van der Waals surface area contributed by atoms with Crippen molar-refractivity contribution >= 4 is 11.7 Å². The van der Waals surface area contributed by atoms with Crippen molar-refractivity contribution in [3.8, 4) is 0 Å². The van der Waals surface area contributed by atoms with Gasteiger partial charge in [-0.1, -0.05) is 0 Å². The second kappa shape index (κ2) is 5.51. The Morgan fingerprint density at radius 1 is 1.42 bits per heavy atom. The van der Waals surface area contributed by atoms with Crippen LogP contribution in [0.4, 0.5) is 5.82 Å². The second-order valence-corrected chi connectivity index (χ2v) is 4.28. The highest BCUT2D eigenvalue weighted by Gasteiger charge is 2.08. The minimum Gasteiger partial charge on any atom is -0.373 e. The number of nitrogens with one attached hydrogen (secondary N) is 2. The van der Waals surface area contributed by atoms with Gasteiger partial charge in [-0.15, -0.1) is 0 Å². The van der Waals surface area contributed by atoms with E-state index in [0.717, 1.165) is 17.1 Å². The third-order valence-corrected chi connectivity index (χ3v) is 2.84. The summed E-state index contributed by atoms with van der Waals surface area (Å²) >= 11 is 0. The summed E-state index contributed by atoms with van der Waals surface area (Å²) in [4.78, 5) is 16.0. The summed E-state index contributed by atoms with van der Waals surface area (Å²) in [5.41, 5.74) is 2.47. The zero-order chi connectivity index (χ0) is 13.8. The summed E-state index contributed by atoms with van der Waals surface area (Å²) < 4.78 is 1.74. The van der Waals surface area contributed by atoms with E-state index in [1.807, 2.05) is 20.2 Å². The lowest BCUT2D eigenvalue weighted by molar-refractivity contribution is 0.0950. The van der Waals surface area contributed by atoms with Gasteiger partial charge < -0.3 is 10.6 Å². The second-order valence-electron chi connectivity index (χ2n) is 4.28. The average molecular weight is 259 g/mol. The van der Waals surface area contributed by atoms with Crippen LogP contribution in [0.25, 0.3) is 0 Å². The van der Waals surface area contributed by atoms with Crippen LogP contribution in [0, 0.1) is 6.92 Å². The lowest BCUT2D eigenvalue weighted by atomic mass is 10.2. The number of anilines is 1. The zero-order valence-electron chi connectivity index (χ0n) is 11.3. The highest BCUT2D eigenvalue weighted by molar-refractivity contribution is 5.93. The Kier molecular flexibility index (Phi) is 3.79. The zero-order valence-corrected chi connectivity index (χ0v) is 11.3. The van der Waals surface area contributed by atoms with Gasteiger partial charge >= 0.3 is 0 Å². The molecule has 0 aromatic carbocycles. The average Bonchev–Trinajstić information content (AvgIpc) is 2.74. The Morgan fingerprint density at radius 2 is 2.21 bits per heavy atom. The first-order valence-corrected chi connectivity index (χ1v) is 6.01. The minimum absolute atomic E-state index is 0.140. The van der Waals surface area contributed by atoms with Gasteiger partial charge in [-0.2, -0.15) is 5.10 Å². The van der Waals surface area contributed by atoms with Crippen LogP contribution in [-0.4, -0.2) is 27.7 Å². The maximum atomic E-state index is 11.9. The predicted octanol–water partition coefficient (Wildman–Crippen LogP) is 1.10. The molecule has 0 bridgehead atoms. The van der Waals surface area contributed by atoms with Gasteiger partial charge in [0.25, 0.3) is 5.91 Å². The molecular formula is C13H17N5O. The number of hydrogen-bond acceptors (Lipinski definition) is 4. The van der Waals surface area contributed by atoms with Crippen LogP contribution < -0.4 is 10.6 Å². The highest BCUT2D eigenvalue weighted by Crippen LogP contribution is 2.06. The fourth-order valence-electron chi connectivity index (χ4n) is 1.78. The molecule has 0 unspecified atom stereocenters. The number of amides is 1. The van der Waals surface area contributed by atoms with Crippen LogP contribution in [0.15, 0.2) is 24.5 Å². The SMILES string of the molecule is CNc1ccc(C(=O)NCc2cn(C)nc2C)cn1. The summed E-state index contributed by atoms with van der Waals surface area (Å²) in [7, 11) is 3.64. The number of pyridine rings is 1. The molecule has 0 atom stereocenters. The standard InChI is InChI=1S/C13H17N5O/c1-9-11(8-18(3)17-9)7-16-13(19)10-4-5-12(14-2)15-6-10/h4-6,8H,7H2,1-3H3,(H,14,15)(H,16,19). The molecule has 2 heterocycles. The first-order valence-electron chi connectivity index (χ1n) is 6.01. The van der Waals surface area contributed by atoms with E-state index in [1.54, 1.807) is 30.1 Å². The third kappa shape index (κ3) is 3.09. The molecule has 0 aliphatic carbocycles.